The second-order valence-electron chi connectivity index (χ2n) is 8.60. The van der Waals surface area contributed by atoms with Crippen molar-refractivity contribution in [1.29, 1.82) is 0 Å². The Balaban J connectivity index is 1.82. The highest BCUT2D eigenvalue weighted by Crippen LogP contribution is 2.40. The van der Waals surface area contributed by atoms with Gasteiger partial charge >= 0.3 is 5.97 Å². The van der Waals surface area contributed by atoms with Gasteiger partial charge < -0.3 is 14.2 Å². The van der Waals surface area contributed by atoms with Crippen molar-refractivity contribution in [1.82, 2.24) is 4.57 Å². The van der Waals surface area contributed by atoms with Crippen molar-refractivity contribution in [3.63, 3.8) is 0 Å². The van der Waals surface area contributed by atoms with Crippen molar-refractivity contribution in [2.24, 2.45) is 4.99 Å². The van der Waals surface area contributed by atoms with Crippen LogP contribution in [0.5, 0.6) is 11.5 Å². The van der Waals surface area contributed by atoms with Crippen LogP contribution >= 0.6 is 22.9 Å². The molecular formula is C29H25ClN2O5S. The molecule has 5 rings (SSSR count). The smallest absolute Gasteiger partial charge is 0.338 e. The summed E-state index contributed by atoms with van der Waals surface area (Å²) in [5.41, 5.74) is 1.94. The molecule has 0 saturated heterocycles. The molecular weight excluding hydrogens is 524 g/mol. The molecule has 0 amide bonds. The lowest BCUT2D eigenvalue weighted by Crippen LogP contribution is -2.40. The van der Waals surface area contributed by atoms with Gasteiger partial charge in [0.2, 0.25) is 0 Å². The third-order valence-electron chi connectivity index (χ3n) is 6.41. The molecule has 1 aromatic heterocycles. The largest absolute Gasteiger partial charge is 0.496 e. The van der Waals surface area contributed by atoms with Gasteiger partial charge in [0.25, 0.3) is 5.56 Å². The number of esters is 1. The number of aromatic nitrogens is 1. The average Bonchev–Trinajstić information content (AvgIpc) is 3.21. The number of fused-ring (bicyclic) bond motifs is 2. The molecule has 0 fully saturated rings. The summed E-state index contributed by atoms with van der Waals surface area (Å²) in [6, 6.07) is 16.1. The Morgan fingerprint density at radius 2 is 1.84 bits per heavy atom. The quantitative estimate of drug-likeness (QED) is 0.328. The number of rotatable bonds is 6. The lowest BCUT2D eigenvalue weighted by molar-refractivity contribution is -0.139. The molecule has 2 heterocycles. The van der Waals surface area contributed by atoms with Gasteiger partial charge in [0.05, 0.1) is 41.7 Å². The molecule has 3 aromatic carbocycles. The number of halogens is 1. The van der Waals surface area contributed by atoms with Gasteiger partial charge in [-0.25, -0.2) is 9.79 Å². The third-order valence-corrected chi connectivity index (χ3v) is 7.69. The molecule has 7 nitrogen and oxygen atoms in total. The maximum absolute atomic E-state index is 14.0. The van der Waals surface area contributed by atoms with Gasteiger partial charge in [-0.05, 0) is 54.5 Å². The fourth-order valence-corrected chi connectivity index (χ4v) is 6.04. The second kappa shape index (κ2) is 10.5. The van der Waals surface area contributed by atoms with Gasteiger partial charge in [-0.1, -0.05) is 59.3 Å². The third kappa shape index (κ3) is 4.40. The zero-order chi connectivity index (χ0) is 27.0. The van der Waals surface area contributed by atoms with Crippen LogP contribution in [0.15, 0.2) is 75.7 Å². The fourth-order valence-electron chi connectivity index (χ4n) is 4.72. The maximum Gasteiger partial charge on any atom is 0.338 e. The molecule has 194 valence electrons. The molecule has 0 unspecified atom stereocenters. The Labute approximate surface area is 227 Å². The monoisotopic (exact) mass is 548 g/mol. The number of benzene rings is 3. The predicted octanol–water partition coefficient (Wildman–Crippen LogP) is 4.62. The fraction of sp³-hybridized carbons (Fsp3) is 0.207. The summed E-state index contributed by atoms with van der Waals surface area (Å²) in [5.74, 6) is 0.578. The van der Waals surface area contributed by atoms with E-state index in [4.69, 9.17) is 25.8 Å². The van der Waals surface area contributed by atoms with Crippen LogP contribution in [0.3, 0.4) is 0 Å². The highest BCUT2D eigenvalue weighted by molar-refractivity contribution is 7.07. The first kappa shape index (κ1) is 25.8. The maximum atomic E-state index is 14.0. The molecule has 0 radical (unpaired) electrons. The number of ether oxygens (including phenoxy) is 3. The number of methoxy groups -OCH3 is 2. The van der Waals surface area contributed by atoms with E-state index in [1.807, 2.05) is 42.5 Å². The molecule has 0 aliphatic carbocycles. The number of hydrogen-bond acceptors (Lipinski definition) is 7. The Morgan fingerprint density at radius 1 is 1.11 bits per heavy atom. The molecule has 0 spiro atoms. The molecule has 38 heavy (non-hydrogen) atoms. The van der Waals surface area contributed by atoms with E-state index < -0.39 is 12.0 Å². The van der Waals surface area contributed by atoms with Crippen molar-refractivity contribution < 1.29 is 19.0 Å². The second-order valence-corrected chi connectivity index (χ2v) is 10.0. The predicted molar refractivity (Wildman–Crippen MR) is 149 cm³/mol. The molecule has 4 aromatic rings. The van der Waals surface area contributed by atoms with Gasteiger partial charge in [0, 0.05) is 5.56 Å². The van der Waals surface area contributed by atoms with E-state index in [2.05, 4.69) is 4.99 Å². The highest BCUT2D eigenvalue weighted by Gasteiger charge is 2.36. The number of nitrogens with zero attached hydrogens (tertiary/aromatic N) is 2. The van der Waals surface area contributed by atoms with E-state index in [1.54, 1.807) is 50.8 Å². The van der Waals surface area contributed by atoms with E-state index in [-0.39, 0.29) is 12.2 Å². The van der Waals surface area contributed by atoms with Crippen molar-refractivity contribution in [3.8, 4) is 11.5 Å². The van der Waals surface area contributed by atoms with Crippen LogP contribution in [0.2, 0.25) is 5.02 Å². The normalized spacial score (nSPS) is 15.3. The van der Waals surface area contributed by atoms with Crippen molar-refractivity contribution in [2.75, 3.05) is 20.8 Å². The topological polar surface area (TPSA) is 79.1 Å². The first-order valence-electron chi connectivity index (χ1n) is 12.0. The van der Waals surface area contributed by atoms with Crippen LogP contribution in [-0.2, 0) is 9.53 Å². The van der Waals surface area contributed by atoms with Crippen molar-refractivity contribution in [3.05, 3.63) is 102 Å². The molecule has 0 saturated carbocycles. The number of carbonyl (C=O) groups is 1. The standard InChI is InChI=1S/C29H25ClN2O5S/c1-5-37-28(34)24-16(2)31-29-32(26(24)25-19-9-7-6-8-18(19)11-13-22(25)36-4)27(33)23(38-29)15-17-10-12-21(35-3)20(30)14-17/h6-15,26H,5H2,1-4H3/b23-15+/t26-/m0/s1. The van der Waals surface area contributed by atoms with Gasteiger partial charge in [0.1, 0.15) is 17.5 Å². The zero-order valence-corrected chi connectivity index (χ0v) is 22.9. The summed E-state index contributed by atoms with van der Waals surface area (Å²) in [6.07, 6.45) is 1.76. The average molecular weight is 549 g/mol. The van der Waals surface area contributed by atoms with Crippen molar-refractivity contribution in [2.45, 2.75) is 19.9 Å². The van der Waals surface area contributed by atoms with Crippen LogP contribution in [0.1, 0.15) is 31.0 Å². The summed E-state index contributed by atoms with van der Waals surface area (Å²) in [7, 11) is 3.12. The Kier molecular flexibility index (Phi) is 7.10. The summed E-state index contributed by atoms with van der Waals surface area (Å²) < 4.78 is 18.5. The van der Waals surface area contributed by atoms with Gasteiger partial charge in [0.15, 0.2) is 4.80 Å². The number of hydrogen-bond donors (Lipinski definition) is 0. The molecule has 1 atom stereocenters. The van der Waals surface area contributed by atoms with E-state index >= 15 is 0 Å². The molecule has 1 aliphatic rings. The minimum atomic E-state index is -0.798. The number of allylic oxidation sites excluding steroid dienone is 1. The first-order valence-corrected chi connectivity index (χ1v) is 13.2. The molecule has 0 N–H and O–H groups in total. The minimum absolute atomic E-state index is 0.192. The summed E-state index contributed by atoms with van der Waals surface area (Å²) in [5, 5.41) is 2.26. The number of thiazole rings is 1. The van der Waals surface area contributed by atoms with Gasteiger partial charge in [-0.2, -0.15) is 0 Å². The minimum Gasteiger partial charge on any atom is -0.496 e. The lowest BCUT2D eigenvalue weighted by atomic mass is 9.90. The summed E-state index contributed by atoms with van der Waals surface area (Å²) in [6.45, 7) is 3.70. The van der Waals surface area contributed by atoms with E-state index in [0.29, 0.717) is 42.7 Å². The van der Waals surface area contributed by atoms with E-state index in [0.717, 1.165) is 16.3 Å². The van der Waals surface area contributed by atoms with Crippen LogP contribution in [-0.4, -0.2) is 31.4 Å². The van der Waals surface area contributed by atoms with Crippen LogP contribution in [0.4, 0.5) is 0 Å². The first-order chi connectivity index (χ1) is 18.4. The Morgan fingerprint density at radius 3 is 2.55 bits per heavy atom. The van der Waals surface area contributed by atoms with E-state index in [9.17, 15) is 9.59 Å². The van der Waals surface area contributed by atoms with Crippen LogP contribution in [0, 0.1) is 0 Å². The molecule has 9 heteroatoms. The van der Waals surface area contributed by atoms with Gasteiger partial charge in [-0.15, -0.1) is 0 Å². The molecule has 0 bridgehead atoms. The highest BCUT2D eigenvalue weighted by atomic mass is 35.5. The number of carbonyl (C=O) groups excluding carboxylic acids is 1. The summed E-state index contributed by atoms with van der Waals surface area (Å²) in [4.78, 5) is 32.4. The zero-order valence-electron chi connectivity index (χ0n) is 21.3. The van der Waals surface area contributed by atoms with Gasteiger partial charge in [-0.3, -0.25) is 9.36 Å². The lowest BCUT2D eigenvalue weighted by Gasteiger charge is -2.27. The SMILES string of the molecule is CCOC(=O)C1=C(C)N=c2s/c(=C/c3ccc(OC)c(Cl)c3)c(=O)n2[C@@H]1c1c(OC)ccc2ccccc12. The van der Waals surface area contributed by atoms with Crippen LogP contribution < -0.4 is 24.4 Å². The Bertz CT molecular complexity index is 1790. The van der Waals surface area contributed by atoms with Crippen molar-refractivity contribution >= 4 is 45.8 Å². The van der Waals surface area contributed by atoms with Crippen LogP contribution in [0.25, 0.3) is 16.8 Å². The summed E-state index contributed by atoms with van der Waals surface area (Å²) >= 11 is 7.56. The van der Waals surface area contributed by atoms with E-state index in [1.165, 1.54) is 11.3 Å². The Hall–Kier alpha value is -3.88. The molecule has 1 aliphatic heterocycles.